The number of benzene rings is 2. The molecule has 0 aliphatic carbocycles. The van der Waals surface area contributed by atoms with Gasteiger partial charge in [0.05, 0.1) is 41.4 Å². The normalized spacial score (nSPS) is 10.1. The molecule has 8 heteroatoms. The number of anilines is 1. The molecule has 0 aliphatic rings. The number of amides is 2. The Morgan fingerprint density at radius 1 is 0.897 bits per heavy atom. The van der Waals surface area contributed by atoms with Crippen LogP contribution in [0.4, 0.5) is 5.69 Å². The first-order valence-corrected chi connectivity index (χ1v) is 8.88. The lowest BCUT2D eigenvalue weighted by Crippen LogP contribution is -2.35. The van der Waals surface area contributed by atoms with Crippen LogP contribution in [0.1, 0.15) is 5.56 Å². The number of methoxy groups -OCH3 is 4. The molecule has 156 valence electrons. The van der Waals surface area contributed by atoms with E-state index in [2.05, 4.69) is 5.32 Å². The maximum atomic E-state index is 12.6. The number of ether oxygens (including phenoxy) is 4. The van der Waals surface area contributed by atoms with Gasteiger partial charge in [0.25, 0.3) is 0 Å². The minimum atomic E-state index is -0.295. The van der Waals surface area contributed by atoms with Crippen LogP contribution in [0.15, 0.2) is 36.4 Å². The first-order chi connectivity index (χ1) is 13.9. The van der Waals surface area contributed by atoms with Gasteiger partial charge in [-0.05, 0) is 42.0 Å². The Balaban J connectivity index is 2.00. The number of hydrogen-bond donors (Lipinski definition) is 1. The maximum Gasteiger partial charge on any atom is 0.243 e. The Bertz CT molecular complexity index is 826. The molecule has 2 amide bonds. The highest BCUT2D eigenvalue weighted by molar-refractivity contribution is 5.94. The fourth-order valence-electron chi connectivity index (χ4n) is 2.73. The highest BCUT2D eigenvalue weighted by Gasteiger charge is 2.18. The second kappa shape index (κ2) is 10.2. The van der Waals surface area contributed by atoms with Crippen molar-refractivity contribution < 1.29 is 28.5 Å². The van der Waals surface area contributed by atoms with Crippen LogP contribution in [0.25, 0.3) is 0 Å². The van der Waals surface area contributed by atoms with E-state index >= 15 is 0 Å². The molecule has 29 heavy (non-hydrogen) atoms. The zero-order chi connectivity index (χ0) is 21.4. The summed E-state index contributed by atoms with van der Waals surface area (Å²) >= 11 is 0. The average Bonchev–Trinajstić information content (AvgIpc) is 2.73. The summed E-state index contributed by atoms with van der Waals surface area (Å²) in [5.74, 6) is 1.57. The molecular formula is C21H26N2O6. The van der Waals surface area contributed by atoms with Gasteiger partial charge < -0.3 is 29.2 Å². The standard InChI is InChI=1S/C21H26N2O6/c1-23(13-19(24)22-15-6-8-16(26-2)9-7-15)20(25)12-14-10-17(27-3)21(29-5)18(11-14)28-4/h6-11H,12-13H2,1-5H3,(H,22,24). The van der Waals surface area contributed by atoms with Crippen molar-refractivity contribution in [3.63, 3.8) is 0 Å². The van der Waals surface area contributed by atoms with Gasteiger partial charge in [0.15, 0.2) is 11.5 Å². The topological polar surface area (TPSA) is 86.3 Å². The summed E-state index contributed by atoms with van der Waals surface area (Å²) in [5.41, 5.74) is 1.31. The second-order valence-electron chi connectivity index (χ2n) is 6.24. The number of hydrogen-bond acceptors (Lipinski definition) is 6. The lowest BCUT2D eigenvalue weighted by atomic mass is 10.1. The molecule has 2 aromatic rings. The molecular weight excluding hydrogens is 376 g/mol. The molecule has 0 unspecified atom stereocenters. The summed E-state index contributed by atoms with van der Waals surface area (Å²) in [5, 5.41) is 2.75. The third kappa shape index (κ3) is 5.78. The molecule has 2 aromatic carbocycles. The van der Waals surface area contributed by atoms with Crippen molar-refractivity contribution in [2.24, 2.45) is 0 Å². The third-order valence-corrected chi connectivity index (χ3v) is 4.26. The van der Waals surface area contributed by atoms with Crippen LogP contribution in [0.2, 0.25) is 0 Å². The smallest absolute Gasteiger partial charge is 0.243 e. The van der Waals surface area contributed by atoms with Crippen molar-refractivity contribution in [3.05, 3.63) is 42.0 Å². The van der Waals surface area contributed by atoms with Crippen molar-refractivity contribution in [1.29, 1.82) is 0 Å². The van der Waals surface area contributed by atoms with Crippen LogP contribution in [0, 0.1) is 0 Å². The maximum absolute atomic E-state index is 12.6. The van der Waals surface area contributed by atoms with E-state index in [4.69, 9.17) is 18.9 Å². The number of rotatable bonds is 9. The molecule has 0 aromatic heterocycles. The summed E-state index contributed by atoms with van der Waals surface area (Å²) in [4.78, 5) is 26.1. The predicted octanol–water partition coefficient (Wildman–Crippen LogP) is 2.36. The molecule has 0 fully saturated rings. The Kier molecular flexibility index (Phi) is 7.70. The van der Waals surface area contributed by atoms with Crippen LogP contribution in [-0.4, -0.2) is 58.7 Å². The SMILES string of the molecule is COc1ccc(NC(=O)CN(C)C(=O)Cc2cc(OC)c(OC)c(OC)c2)cc1. The van der Waals surface area contributed by atoms with Crippen molar-refractivity contribution in [2.45, 2.75) is 6.42 Å². The zero-order valence-corrected chi connectivity index (χ0v) is 17.3. The van der Waals surface area contributed by atoms with Crippen LogP contribution in [-0.2, 0) is 16.0 Å². The van der Waals surface area contributed by atoms with E-state index in [9.17, 15) is 9.59 Å². The van der Waals surface area contributed by atoms with Crippen molar-refractivity contribution in [3.8, 4) is 23.0 Å². The summed E-state index contributed by atoms with van der Waals surface area (Å²) in [6.07, 6.45) is 0.0863. The lowest BCUT2D eigenvalue weighted by Gasteiger charge is -2.18. The highest BCUT2D eigenvalue weighted by Crippen LogP contribution is 2.38. The van der Waals surface area contributed by atoms with Gasteiger partial charge in [-0.3, -0.25) is 9.59 Å². The van der Waals surface area contributed by atoms with E-state index in [1.54, 1.807) is 50.6 Å². The lowest BCUT2D eigenvalue weighted by molar-refractivity contribution is -0.132. The van der Waals surface area contributed by atoms with Gasteiger partial charge in [0.2, 0.25) is 17.6 Å². The molecule has 0 spiro atoms. The van der Waals surface area contributed by atoms with Gasteiger partial charge in [0, 0.05) is 12.7 Å². The van der Waals surface area contributed by atoms with E-state index in [1.165, 1.54) is 26.2 Å². The molecule has 0 atom stereocenters. The summed E-state index contributed by atoms with van der Waals surface area (Å²) in [6.45, 7) is -0.0741. The molecule has 0 saturated heterocycles. The molecule has 0 radical (unpaired) electrons. The number of nitrogens with one attached hydrogen (secondary N) is 1. The monoisotopic (exact) mass is 402 g/mol. The molecule has 0 aliphatic heterocycles. The molecule has 1 N–H and O–H groups in total. The minimum absolute atomic E-state index is 0.0741. The molecule has 0 bridgehead atoms. The third-order valence-electron chi connectivity index (χ3n) is 4.26. The first kappa shape index (κ1) is 21.9. The van der Waals surface area contributed by atoms with Crippen LogP contribution in [0.3, 0.4) is 0 Å². The predicted molar refractivity (Wildman–Crippen MR) is 109 cm³/mol. The Morgan fingerprint density at radius 2 is 1.48 bits per heavy atom. The van der Waals surface area contributed by atoms with Crippen molar-refractivity contribution in [1.82, 2.24) is 4.90 Å². The summed E-state index contributed by atoms with van der Waals surface area (Å²) < 4.78 is 21.0. The van der Waals surface area contributed by atoms with Crippen LogP contribution >= 0.6 is 0 Å². The van der Waals surface area contributed by atoms with E-state index in [0.717, 1.165) is 0 Å². The quantitative estimate of drug-likeness (QED) is 0.693. The highest BCUT2D eigenvalue weighted by atomic mass is 16.5. The van der Waals surface area contributed by atoms with E-state index in [1.807, 2.05) is 0 Å². The van der Waals surface area contributed by atoms with E-state index in [0.29, 0.717) is 34.2 Å². The van der Waals surface area contributed by atoms with Gasteiger partial charge in [-0.2, -0.15) is 0 Å². The number of likely N-dealkylation sites (N-methyl/N-ethyl adjacent to an activating group) is 1. The Labute approximate surface area is 170 Å². The fraction of sp³-hybridized carbons (Fsp3) is 0.333. The molecule has 8 nitrogen and oxygen atoms in total. The minimum Gasteiger partial charge on any atom is -0.497 e. The second-order valence-corrected chi connectivity index (χ2v) is 6.24. The number of carbonyl (C=O) groups is 2. The average molecular weight is 402 g/mol. The van der Waals surface area contributed by atoms with Gasteiger partial charge in [-0.15, -0.1) is 0 Å². The number of carbonyl (C=O) groups excluding carboxylic acids is 2. The molecule has 0 heterocycles. The van der Waals surface area contributed by atoms with E-state index in [-0.39, 0.29) is 24.8 Å². The largest absolute Gasteiger partial charge is 0.497 e. The summed E-state index contributed by atoms with van der Waals surface area (Å²) in [7, 11) is 7.69. The first-order valence-electron chi connectivity index (χ1n) is 8.88. The van der Waals surface area contributed by atoms with Gasteiger partial charge in [-0.1, -0.05) is 0 Å². The van der Waals surface area contributed by atoms with Gasteiger partial charge in [-0.25, -0.2) is 0 Å². The molecule has 0 saturated carbocycles. The van der Waals surface area contributed by atoms with Crippen molar-refractivity contribution in [2.75, 3.05) is 47.3 Å². The van der Waals surface area contributed by atoms with Crippen molar-refractivity contribution >= 4 is 17.5 Å². The summed E-state index contributed by atoms with van der Waals surface area (Å²) in [6, 6.07) is 10.4. The number of nitrogens with zero attached hydrogens (tertiary/aromatic N) is 1. The van der Waals surface area contributed by atoms with E-state index < -0.39 is 0 Å². The Morgan fingerprint density at radius 3 is 1.97 bits per heavy atom. The van der Waals surface area contributed by atoms with Crippen LogP contribution in [0.5, 0.6) is 23.0 Å². The zero-order valence-electron chi connectivity index (χ0n) is 17.3. The van der Waals surface area contributed by atoms with Crippen LogP contribution < -0.4 is 24.3 Å². The fourth-order valence-corrected chi connectivity index (χ4v) is 2.73. The van der Waals surface area contributed by atoms with Gasteiger partial charge in [0.1, 0.15) is 5.75 Å². The van der Waals surface area contributed by atoms with Gasteiger partial charge >= 0.3 is 0 Å². The molecule has 2 rings (SSSR count). The Hall–Kier alpha value is -3.42.